The van der Waals surface area contributed by atoms with E-state index in [1.165, 1.54) is 38.0 Å². The molecule has 0 radical (unpaired) electrons. The number of carboxylic acids is 1. The molecule has 31 heavy (non-hydrogen) atoms. The van der Waals surface area contributed by atoms with Crippen molar-refractivity contribution in [3.05, 3.63) is 54.5 Å². The van der Waals surface area contributed by atoms with Crippen LogP contribution < -0.4 is 5.32 Å². The highest BCUT2D eigenvalue weighted by molar-refractivity contribution is 5.73. The molecule has 9 heteroatoms. The number of pyridine rings is 2. The van der Waals surface area contributed by atoms with Gasteiger partial charge in [-0.1, -0.05) is 18.6 Å². The largest absolute Gasteiger partial charge is 0.490 e. The summed E-state index contributed by atoms with van der Waals surface area (Å²) in [4.78, 5) is 20.4. The third kappa shape index (κ3) is 6.92. The molecule has 2 aromatic heterocycles. The number of alkyl halides is 3. The van der Waals surface area contributed by atoms with Crippen LogP contribution in [0.2, 0.25) is 0 Å². The number of rotatable bonds is 5. The Hall–Kier alpha value is -2.68. The van der Waals surface area contributed by atoms with E-state index < -0.39 is 12.1 Å². The molecule has 4 rings (SSSR count). The number of nitrogens with one attached hydrogen (secondary N) is 1. The summed E-state index contributed by atoms with van der Waals surface area (Å²) in [5, 5.41) is 10.7. The number of hydrogen-bond donors (Lipinski definition) is 2. The molecule has 0 amide bonds. The summed E-state index contributed by atoms with van der Waals surface area (Å²) in [5.41, 5.74) is 1.19. The van der Waals surface area contributed by atoms with Crippen LogP contribution >= 0.6 is 0 Å². The predicted octanol–water partition coefficient (Wildman–Crippen LogP) is 4.07. The standard InChI is InChI=1S/C20H26N4.C2HF3O2/c1-3-10-21-18(8-1)14-24-13-17-7-5-6-16(19(17)15-24)12-23-20-9-2-4-11-22-20;3-2(4,5)1(6)7/h1-4,8-11,16-17,19H,5-7,12-15H2,(H,22,23);(H,6,7)/t16-,17+,19+;/m0./s1. The number of likely N-dealkylation sites (tertiary alicyclic amines) is 1. The lowest BCUT2D eigenvalue weighted by atomic mass is 9.74. The quantitative estimate of drug-likeness (QED) is 0.736. The Morgan fingerprint density at radius 2 is 1.81 bits per heavy atom. The zero-order valence-electron chi connectivity index (χ0n) is 17.1. The Morgan fingerprint density at radius 1 is 1.10 bits per heavy atom. The third-order valence-electron chi connectivity index (χ3n) is 5.89. The molecule has 3 atom stereocenters. The van der Waals surface area contributed by atoms with Gasteiger partial charge < -0.3 is 10.4 Å². The summed E-state index contributed by atoms with van der Waals surface area (Å²) < 4.78 is 31.7. The van der Waals surface area contributed by atoms with E-state index in [-0.39, 0.29) is 0 Å². The maximum absolute atomic E-state index is 10.6. The van der Waals surface area contributed by atoms with Crippen LogP contribution in [0.1, 0.15) is 25.0 Å². The van der Waals surface area contributed by atoms with Crippen molar-refractivity contribution in [3.63, 3.8) is 0 Å². The summed E-state index contributed by atoms with van der Waals surface area (Å²) in [5.74, 6) is 0.687. The minimum atomic E-state index is -5.08. The molecule has 2 N–H and O–H groups in total. The third-order valence-corrected chi connectivity index (χ3v) is 5.89. The summed E-state index contributed by atoms with van der Waals surface area (Å²) >= 11 is 0. The molecular weight excluding hydrogens is 409 g/mol. The fourth-order valence-corrected chi connectivity index (χ4v) is 4.49. The molecule has 2 aromatic rings. The summed E-state index contributed by atoms with van der Waals surface area (Å²) in [6, 6.07) is 12.3. The van der Waals surface area contributed by atoms with Crippen molar-refractivity contribution in [3.8, 4) is 0 Å². The second-order valence-corrected chi connectivity index (χ2v) is 8.03. The van der Waals surface area contributed by atoms with Gasteiger partial charge in [0, 0.05) is 38.6 Å². The first kappa shape index (κ1) is 23.0. The number of nitrogens with zero attached hydrogens (tertiary/aromatic N) is 3. The van der Waals surface area contributed by atoms with Crippen molar-refractivity contribution in [2.45, 2.75) is 32.0 Å². The normalized spacial score (nSPS) is 23.4. The smallest absolute Gasteiger partial charge is 0.475 e. The lowest BCUT2D eigenvalue weighted by Gasteiger charge is -2.33. The first-order valence-corrected chi connectivity index (χ1v) is 10.4. The number of carboxylic acid groups (broad SMARTS) is 1. The SMILES string of the molecule is O=C(O)C(F)(F)F.c1ccc(CN2C[C@H]3CCC[C@@H](CNc4ccccn4)[C@H]3C2)nc1. The van der Waals surface area contributed by atoms with Gasteiger partial charge in [-0.05, 0) is 54.9 Å². The highest BCUT2D eigenvalue weighted by atomic mass is 19.4. The van der Waals surface area contributed by atoms with Gasteiger partial charge in [-0.2, -0.15) is 13.2 Å². The number of hydrogen-bond acceptors (Lipinski definition) is 5. The Bertz CT molecular complexity index is 821. The molecular formula is C22H27F3N4O2. The van der Waals surface area contributed by atoms with E-state index in [2.05, 4.69) is 38.4 Å². The lowest BCUT2D eigenvalue weighted by Crippen LogP contribution is -2.32. The second kappa shape index (κ2) is 10.6. The molecule has 3 heterocycles. The Morgan fingerprint density at radius 3 is 2.42 bits per heavy atom. The molecule has 2 aliphatic rings. The monoisotopic (exact) mass is 436 g/mol. The number of carbonyl (C=O) groups is 1. The first-order valence-electron chi connectivity index (χ1n) is 10.4. The summed E-state index contributed by atoms with van der Waals surface area (Å²) in [6.07, 6.45) is 2.78. The van der Waals surface area contributed by atoms with Crippen LogP contribution in [-0.4, -0.2) is 51.8 Å². The number of fused-ring (bicyclic) bond motifs is 1. The Kier molecular flexibility index (Phi) is 7.84. The van der Waals surface area contributed by atoms with Gasteiger partial charge in [0.2, 0.25) is 0 Å². The summed E-state index contributed by atoms with van der Waals surface area (Å²) in [7, 11) is 0. The van der Waals surface area contributed by atoms with Gasteiger partial charge in [0.25, 0.3) is 0 Å². The number of anilines is 1. The fraction of sp³-hybridized carbons (Fsp3) is 0.500. The fourth-order valence-electron chi connectivity index (χ4n) is 4.49. The minimum absolute atomic E-state index is 0.763. The molecule has 2 fully saturated rings. The van der Waals surface area contributed by atoms with Gasteiger partial charge in [0.15, 0.2) is 0 Å². The van der Waals surface area contributed by atoms with Crippen molar-refractivity contribution >= 4 is 11.8 Å². The van der Waals surface area contributed by atoms with Gasteiger partial charge in [0.1, 0.15) is 5.82 Å². The van der Waals surface area contributed by atoms with Crippen LogP contribution in [0.4, 0.5) is 19.0 Å². The molecule has 0 aromatic carbocycles. The summed E-state index contributed by atoms with van der Waals surface area (Å²) in [6.45, 7) is 4.50. The molecule has 168 valence electrons. The molecule has 0 spiro atoms. The van der Waals surface area contributed by atoms with Crippen LogP contribution in [-0.2, 0) is 11.3 Å². The number of halogens is 3. The zero-order chi connectivity index (χ0) is 22.3. The molecule has 1 saturated carbocycles. The van der Waals surface area contributed by atoms with E-state index in [1.54, 1.807) is 0 Å². The zero-order valence-corrected chi connectivity index (χ0v) is 17.1. The highest BCUT2D eigenvalue weighted by Crippen LogP contribution is 2.40. The van der Waals surface area contributed by atoms with Gasteiger partial charge in [0.05, 0.1) is 5.69 Å². The average molecular weight is 436 g/mol. The van der Waals surface area contributed by atoms with E-state index in [4.69, 9.17) is 9.90 Å². The molecule has 0 bridgehead atoms. The van der Waals surface area contributed by atoms with E-state index >= 15 is 0 Å². The van der Waals surface area contributed by atoms with Crippen molar-refractivity contribution in [1.29, 1.82) is 0 Å². The average Bonchev–Trinajstić information content (AvgIpc) is 3.16. The van der Waals surface area contributed by atoms with Gasteiger partial charge >= 0.3 is 12.1 Å². The highest BCUT2D eigenvalue weighted by Gasteiger charge is 2.40. The van der Waals surface area contributed by atoms with Crippen LogP contribution in [0.25, 0.3) is 0 Å². The molecule has 6 nitrogen and oxygen atoms in total. The minimum Gasteiger partial charge on any atom is -0.475 e. The van der Waals surface area contributed by atoms with E-state index in [0.717, 1.165) is 36.7 Å². The molecule has 1 aliphatic carbocycles. The van der Waals surface area contributed by atoms with Crippen molar-refractivity contribution in [2.24, 2.45) is 17.8 Å². The van der Waals surface area contributed by atoms with Crippen molar-refractivity contribution in [1.82, 2.24) is 14.9 Å². The van der Waals surface area contributed by atoms with Gasteiger partial charge in [-0.15, -0.1) is 0 Å². The van der Waals surface area contributed by atoms with E-state index in [9.17, 15) is 13.2 Å². The lowest BCUT2D eigenvalue weighted by molar-refractivity contribution is -0.192. The number of aromatic nitrogens is 2. The number of aliphatic carboxylic acids is 1. The first-order chi connectivity index (χ1) is 14.8. The van der Waals surface area contributed by atoms with Crippen LogP contribution in [0.3, 0.4) is 0 Å². The predicted molar refractivity (Wildman–Crippen MR) is 110 cm³/mol. The van der Waals surface area contributed by atoms with Crippen molar-refractivity contribution < 1.29 is 23.1 Å². The van der Waals surface area contributed by atoms with Crippen molar-refractivity contribution in [2.75, 3.05) is 25.0 Å². The molecule has 0 unspecified atom stereocenters. The second-order valence-electron chi connectivity index (χ2n) is 8.03. The van der Waals surface area contributed by atoms with Gasteiger partial charge in [-0.3, -0.25) is 9.88 Å². The van der Waals surface area contributed by atoms with E-state index in [1.807, 2.05) is 30.6 Å². The van der Waals surface area contributed by atoms with Crippen LogP contribution in [0, 0.1) is 17.8 Å². The topological polar surface area (TPSA) is 78.4 Å². The van der Waals surface area contributed by atoms with Crippen LogP contribution in [0.15, 0.2) is 48.8 Å². The molecule has 1 saturated heterocycles. The maximum Gasteiger partial charge on any atom is 0.490 e. The van der Waals surface area contributed by atoms with Gasteiger partial charge in [-0.25, -0.2) is 9.78 Å². The Balaban J connectivity index is 0.000000339. The van der Waals surface area contributed by atoms with Crippen LogP contribution in [0.5, 0.6) is 0 Å². The maximum atomic E-state index is 10.6. The van der Waals surface area contributed by atoms with E-state index in [0.29, 0.717) is 0 Å². The molecule has 1 aliphatic heterocycles. The Labute approximate surface area is 179 Å².